The highest BCUT2D eigenvalue weighted by Gasteiger charge is 2.09. The van der Waals surface area contributed by atoms with Gasteiger partial charge < -0.3 is 11.5 Å². The summed E-state index contributed by atoms with van der Waals surface area (Å²) in [6.45, 7) is 2.62. The van der Waals surface area contributed by atoms with Gasteiger partial charge in [0.1, 0.15) is 0 Å². The minimum atomic E-state index is -0.434. The zero-order valence-electron chi connectivity index (χ0n) is 8.23. The zero-order valence-corrected chi connectivity index (χ0v) is 8.23. The van der Waals surface area contributed by atoms with Gasteiger partial charge in [-0.05, 0) is 30.7 Å². The largest absolute Gasteiger partial charge is 0.399 e. The maximum absolute atomic E-state index is 11.1. The topological polar surface area (TPSA) is 72.3 Å². The summed E-state index contributed by atoms with van der Waals surface area (Å²) in [5, 5.41) is 0. The van der Waals surface area contributed by atoms with Crippen LogP contribution in [0.4, 0.5) is 16.2 Å². The van der Waals surface area contributed by atoms with E-state index in [4.69, 9.17) is 11.5 Å². The lowest BCUT2D eigenvalue weighted by atomic mass is 10.2. The van der Waals surface area contributed by atoms with Crippen molar-refractivity contribution in [3.8, 4) is 0 Å². The Morgan fingerprint density at radius 2 is 1.93 bits per heavy atom. The first-order chi connectivity index (χ1) is 6.65. The molecule has 4 heteroatoms. The summed E-state index contributed by atoms with van der Waals surface area (Å²) >= 11 is 0. The van der Waals surface area contributed by atoms with Crippen LogP contribution < -0.4 is 16.4 Å². The first-order valence-corrected chi connectivity index (χ1v) is 4.57. The number of hydrogen-bond acceptors (Lipinski definition) is 2. The van der Waals surface area contributed by atoms with Crippen molar-refractivity contribution in [1.82, 2.24) is 0 Å². The molecule has 1 aromatic rings. The lowest BCUT2D eigenvalue weighted by Crippen LogP contribution is -2.36. The Bertz CT molecular complexity index is 308. The molecular formula is C10H15N3O. The van der Waals surface area contributed by atoms with Gasteiger partial charge in [0.05, 0.1) is 0 Å². The van der Waals surface area contributed by atoms with Gasteiger partial charge >= 0.3 is 6.03 Å². The van der Waals surface area contributed by atoms with E-state index in [0.29, 0.717) is 12.2 Å². The van der Waals surface area contributed by atoms with E-state index in [9.17, 15) is 4.79 Å². The second kappa shape index (κ2) is 4.50. The molecule has 0 atom stereocenters. The van der Waals surface area contributed by atoms with Crippen LogP contribution in [0.2, 0.25) is 0 Å². The molecular weight excluding hydrogens is 178 g/mol. The highest BCUT2D eigenvalue weighted by atomic mass is 16.2. The van der Waals surface area contributed by atoms with Crippen LogP contribution in [0.1, 0.15) is 13.3 Å². The molecule has 1 rings (SSSR count). The standard InChI is InChI=1S/C10H15N3O/c1-2-7-13(10(12)14)9-5-3-8(11)4-6-9/h3-6H,2,7,11H2,1H3,(H2,12,14). The number of amides is 2. The molecule has 0 saturated heterocycles. The second-order valence-corrected chi connectivity index (χ2v) is 3.08. The second-order valence-electron chi connectivity index (χ2n) is 3.08. The number of rotatable bonds is 3. The molecule has 0 bridgehead atoms. The third kappa shape index (κ3) is 2.39. The van der Waals surface area contributed by atoms with Crippen LogP contribution in [0.15, 0.2) is 24.3 Å². The Morgan fingerprint density at radius 1 is 1.36 bits per heavy atom. The number of nitrogens with two attached hydrogens (primary N) is 2. The van der Waals surface area contributed by atoms with E-state index in [0.717, 1.165) is 12.1 Å². The van der Waals surface area contributed by atoms with Gasteiger partial charge in [-0.1, -0.05) is 6.92 Å². The highest BCUT2D eigenvalue weighted by molar-refractivity contribution is 5.90. The molecule has 4 nitrogen and oxygen atoms in total. The average Bonchev–Trinajstić information content (AvgIpc) is 2.15. The molecule has 0 radical (unpaired) electrons. The van der Waals surface area contributed by atoms with E-state index >= 15 is 0 Å². The minimum absolute atomic E-state index is 0.434. The fourth-order valence-electron chi connectivity index (χ4n) is 1.24. The van der Waals surface area contributed by atoms with Crippen molar-refractivity contribution in [3.63, 3.8) is 0 Å². The van der Waals surface area contributed by atoms with Gasteiger partial charge in [-0.2, -0.15) is 0 Å². The molecule has 1 aromatic carbocycles. The van der Waals surface area contributed by atoms with Crippen molar-refractivity contribution >= 4 is 17.4 Å². The van der Waals surface area contributed by atoms with Gasteiger partial charge in [0.25, 0.3) is 0 Å². The van der Waals surface area contributed by atoms with Crippen LogP contribution in [0.5, 0.6) is 0 Å². The average molecular weight is 193 g/mol. The molecule has 2 amide bonds. The maximum Gasteiger partial charge on any atom is 0.319 e. The fraction of sp³-hybridized carbons (Fsp3) is 0.300. The van der Waals surface area contributed by atoms with Gasteiger partial charge in [-0.15, -0.1) is 0 Å². The van der Waals surface area contributed by atoms with Gasteiger partial charge in [-0.25, -0.2) is 4.79 Å². The predicted octanol–water partition coefficient (Wildman–Crippen LogP) is 1.56. The van der Waals surface area contributed by atoms with Crippen molar-refractivity contribution in [3.05, 3.63) is 24.3 Å². The Hall–Kier alpha value is -1.71. The number of nitrogens with zero attached hydrogens (tertiary/aromatic N) is 1. The molecule has 0 aliphatic heterocycles. The summed E-state index contributed by atoms with van der Waals surface area (Å²) < 4.78 is 0. The molecule has 0 aliphatic carbocycles. The first-order valence-electron chi connectivity index (χ1n) is 4.57. The summed E-state index contributed by atoms with van der Waals surface area (Å²) in [6, 6.07) is 6.64. The quantitative estimate of drug-likeness (QED) is 0.715. The van der Waals surface area contributed by atoms with Gasteiger partial charge in [-0.3, -0.25) is 4.90 Å². The summed E-state index contributed by atoms with van der Waals surface area (Å²) in [7, 11) is 0. The third-order valence-corrected chi connectivity index (χ3v) is 1.92. The number of hydrogen-bond donors (Lipinski definition) is 2. The Kier molecular flexibility index (Phi) is 3.34. The lowest BCUT2D eigenvalue weighted by molar-refractivity contribution is 0.254. The summed E-state index contributed by atoms with van der Waals surface area (Å²) in [4.78, 5) is 12.6. The van der Waals surface area contributed by atoms with Gasteiger partial charge in [0.15, 0.2) is 0 Å². The highest BCUT2D eigenvalue weighted by Crippen LogP contribution is 2.16. The molecule has 4 N–H and O–H groups in total. The van der Waals surface area contributed by atoms with Crippen molar-refractivity contribution in [2.45, 2.75) is 13.3 Å². The minimum Gasteiger partial charge on any atom is -0.399 e. The van der Waals surface area contributed by atoms with E-state index in [1.807, 2.05) is 6.92 Å². The smallest absolute Gasteiger partial charge is 0.319 e. The van der Waals surface area contributed by atoms with E-state index in [-0.39, 0.29) is 0 Å². The zero-order chi connectivity index (χ0) is 10.6. The van der Waals surface area contributed by atoms with E-state index in [2.05, 4.69) is 0 Å². The van der Waals surface area contributed by atoms with E-state index in [1.54, 1.807) is 24.3 Å². The SMILES string of the molecule is CCCN(C(N)=O)c1ccc(N)cc1. The van der Waals surface area contributed by atoms with Crippen molar-refractivity contribution in [2.75, 3.05) is 17.2 Å². The number of nitrogen functional groups attached to an aromatic ring is 1. The molecule has 0 fully saturated rings. The predicted molar refractivity (Wildman–Crippen MR) is 58.1 cm³/mol. The normalized spacial score (nSPS) is 9.79. The molecule has 0 aliphatic rings. The number of benzene rings is 1. The number of anilines is 2. The molecule has 0 aromatic heterocycles. The number of urea groups is 1. The monoisotopic (exact) mass is 193 g/mol. The van der Waals surface area contributed by atoms with Crippen LogP contribution in [0, 0.1) is 0 Å². The third-order valence-electron chi connectivity index (χ3n) is 1.92. The Labute approximate surface area is 83.5 Å². The molecule has 0 unspecified atom stereocenters. The fourth-order valence-corrected chi connectivity index (χ4v) is 1.24. The number of primary amides is 1. The van der Waals surface area contributed by atoms with Crippen LogP contribution in [0.25, 0.3) is 0 Å². The molecule has 76 valence electrons. The van der Waals surface area contributed by atoms with Gasteiger partial charge in [0, 0.05) is 17.9 Å². The number of carbonyl (C=O) groups is 1. The summed E-state index contributed by atoms with van der Waals surface area (Å²) in [6.07, 6.45) is 0.868. The summed E-state index contributed by atoms with van der Waals surface area (Å²) in [5.74, 6) is 0. The summed E-state index contributed by atoms with van der Waals surface area (Å²) in [5.41, 5.74) is 12.3. The molecule has 0 saturated carbocycles. The number of carbonyl (C=O) groups excluding carboxylic acids is 1. The van der Waals surface area contributed by atoms with Crippen molar-refractivity contribution < 1.29 is 4.79 Å². The van der Waals surface area contributed by atoms with Crippen LogP contribution >= 0.6 is 0 Å². The van der Waals surface area contributed by atoms with Gasteiger partial charge in [0.2, 0.25) is 0 Å². The van der Waals surface area contributed by atoms with E-state index in [1.165, 1.54) is 4.90 Å². The maximum atomic E-state index is 11.1. The van der Waals surface area contributed by atoms with E-state index < -0.39 is 6.03 Å². The van der Waals surface area contributed by atoms with Crippen molar-refractivity contribution in [1.29, 1.82) is 0 Å². The van der Waals surface area contributed by atoms with Crippen LogP contribution in [-0.2, 0) is 0 Å². The molecule has 14 heavy (non-hydrogen) atoms. The van der Waals surface area contributed by atoms with Crippen LogP contribution in [-0.4, -0.2) is 12.6 Å². The van der Waals surface area contributed by atoms with Crippen molar-refractivity contribution in [2.24, 2.45) is 5.73 Å². The molecule has 0 heterocycles. The Balaban J connectivity index is 2.87. The molecule has 0 spiro atoms. The van der Waals surface area contributed by atoms with Crippen LogP contribution in [0.3, 0.4) is 0 Å². The lowest BCUT2D eigenvalue weighted by Gasteiger charge is -2.19. The first kappa shape index (κ1) is 10.4. The Morgan fingerprint density at radius 3 is 2.36 bits per heavy atom.